The summed E-state index contributed by atoms with van der Waals surface area (Å²) in [5.74, 6) is -0.854. The van der Waals surface area contributed by atoms with Crippen LogP contribution in [0.4, 0.5) is 15.8 Å². The molecule has 0 fully saturated rings. The molecule has 5 aromatic rings. The van der Waals surface area contributed by atoms with E-state index in [1.807, 2.05) is 84.9 Å². The van der Waals surface area contributed by atoms with Gasteiger partial charge in [0.2, 0.25) is 5.82 Å². The minimum atomic E-state index is -0.854. The smallest absolute Gasteiger partial charge is 0.305 e. The molecule has 0 aliphatic carbocycles. The van der Waals surface area contributed by atoms with E-state index in [1.54, 1.807) is 18.2 Å². The Morgan fingerprint density at radius 1 is 0.543 bits per heavy atom. The van der Waals surface area contributed by atoms with E-state index >= 15 is 4.39 Å². The lowest BCUT2D eigenvalue weighted by molar-refractivity contribution is -0.387. The van der Waals surface area contributed by atoms with Gasteiger partial charge in [-0.2, -0.15) is 4.39 Å². The third kappa shape index (κ3) is 4.04. The summed E-state index contributed by atoms with van der Waals surface area (Å²) in [6.07, 6.45) is 0. The van der Waals surface area contributed by atoms with Crippen molar-refractivity contribution in [2.24, 2.45) is 0 Å². The largest absolute Gasteiger partial charge is 0.398 e. The summed E-state index contributed by atoms with van der Waals surface area (Å²) in [7, 11) is 0. The average Bonchev–Trinajstić information content (AvgIpc) is 2.89. The number of nitro benzene ring substituents is 1. The van der Waals surface area contributed by atoms with Gasteiger partial charge in [0.1, 0.15) is 0 Å². The van der Waals surface area contributed by atoms with Gasteiger partial charge in [0, 0.05) is 28.4 Å². The van der Waals surface area contributed by atoms with E-state index < -0.39 is 16.4 Å². The molecule has 0 aliphatic heterocycles. The minimum Gasteiger partial charge on any atom is -0.398 e. The van der Waals surface area contributed by atoms with Crippen LogP contribution < -0.4 is 5.73 Å². The molecule has 0 atom stereocenters. The first-order valence-corrected chi connectivity index (χ1v) is 11.1. The molecular formula is C30H21FN2O2. The van der Waals surface area contributed by atoms with Crippen molar-refractivity contribution >= 4 is 11.4 Å². The van der Waals surface area contributed by atoms with E-state index in [9.17, 15) is 10.1 Å². The maximum Gasteiger partial charge on any atom is 0.305 e. The first kappa shape index (κ1) is 22.0. The van der Waals surface area contributed by atoms with Crippen molar-refractivity contribution < 1.29 is 9.31 Å². The number of benzene rings is 5. The second-order valence-corrected chi connectivity index (χ2v) is 8.12. The van der Waals surface area contributed by atoms with E-state index in [-0.39, 0.29) is 5.56 Å². The van der Waals surface area contributed by atoms with Crippen LogP contribution in [0.2, 0.25) is 0 Å². The lowest BCUT2D eigenvalue weighted by atomic mass is 9.87. The third-order valence-corrected chi connectivity index (χ3v) is 6.09. The van der Waals surface area contributed by atoms with Crippen LogP contribution in [0.3, 0.4) is 0 Å². The van der Waals surface area contributed by atoms with E-state index in [1.165, 1.54) is 12.1 Å². The molecular weight excluding hydrogens is 439 g/mol. The van der Waals surface area contributed by atoms with E-state index in [0.29, 0.717) is 11.3 Å². The first-order chi connectivity index (χ1) is 17.1. The summed E-state index contributed by atoms with van der Waals surface area (Å²) >= 11 is 0. The molecule has 35 heavy (non-hydrogen) atoms. The molecule has 5 rings (SSSR count). The van der Waals surface area contributed by atoms with Crippen molar-refractivity contribution in [1.29, 1.82) is 0 Å². The number of rotatable bonds is 5. The van der Waals surface area contributed by atoms with Gasteiger partial charge in [-0.15, -0.1) is 0 Å². The van der Waals surface area contributed by atoms with Gasteiger partial charge in [0.25, 0.3) is 0 Å². The summed E-state index contributed by atoms with van der Waals surface area (Å²) in [5, 5.41) is 11.3. The van der Waals surface area contributed by atoms with Gasteiger partial charge < -0.3 is 5.73 Å². The van der Waals surface area contributed by atoms with Crippen molar-refractivity contribution in [2.75, 3.05) is 5.73 Å². The molecule has 0 radical (unpaired) electrons. The van der Waals surface area contributed by atoms with Gasteiger partial charge in [-0.1, -0.05) is 109 Å². The molecule has 0 saturated carbocycles. The summed E-state index contributed by atoms with van der Waals surface area (Å²) in [6, 6.07) is 35.2. The molecule has 0 spiro atoms. The van der Waals surface area contributed by atoms with Gasteiger partial charge in [0.05, 0.1) is 4.92 Å². The highest BCUT2D eigenvalue weighted by Gasteiger charge is 2.21. The van der Waals surface area contributed by atoms with Crippen molar-refractivity contribution in [3.05, 3.63) is 131 Å². The van der Waals surface area contributed by atoms with Crippen LogP contribution in [-0.4, -0.2) is 4.92 Å². The highest BCUT2D eigenvalue weighted by atomic mass is 19.1. The average molecular weight is 461 g/mol. The Kier molecular flexibility index (Phi) is 5.81. The number of nitrogen functional groups attached to an aromatic ring is 1. The Morgan fingerprint density at radius 2 is 0.971 bits per heavy atom. The fourth-order valence-electron chi connectivity index (χ4n) is 4.44. The number of halogens is 1. The minimum absolute atomic E-state index is 0.176. The zero-order chi connectivity index (χ0) is 24.4. The molecule has 0 bridgehead atoms. The molecule has 5 heteroatoms. The van der Waals surface area contributed by atoms with Crippen molar-refractivity contribution in [3.63, 3.8) is 0 Å². The predicted octanol–water partition coefficient (Wildman–Crippen LogP) is 7.98. The number of hydrogen-bond donors (Lipinski definition) is 1. The maximum absolute atomic E-state index is 15.2. The second-order valence-electron chi connectivity index (χ2n) is 8.12. The number of hydrogen-bond acceptors (Lipinski definition) is 3. The fraction of sp³-hybridized carbons (Fsp3) is 0. The zero-order valence-electron chi connectivity index (χ0n) is 18.7. The second kappa shape index (κ2) is 9.23. The first-order valence-electron chi connectivity index (χ1n) is 11.1. The van der Waals surface area contributed by atoms with Gasteiger partial charge in [-0.05, 0) is 27.8 Å². The highest BCUT2D eigenvalue weighted by molar-refractivity contribution is 5.97. The van der Waals surface area contributed by atoms with Crippen LogP contribution in [-0.2, 0) is 0 Å². The molecule has 0 saturated heterocycles. The van der Waals surface area contributed by atoms with Crippen LogP contribution >= 0.6 is 0 Å². The van der Waals surface area contributed by atoms with Crippen LogP contribution in [0.25, 0.3) is 44.5 Å². The summed E-state index contributed by atoms with van der Waals surface area (Å²) in [6.45, 7) is 0. The molecule has 0 heterocycles. The number of nitrogens with zero attached hydrogens (tertiary/aromatic N) is 1. The number of para-hydroxylation sites is 1. The number of nitro groups is 1. The molecule has 0 aliphatic rings. The number of anilines is 1. The van der Waals surface area contributed by atoms with Gasteiger partial charge in [-0.3, -0.25) is 10.1 Å². The maximum atomic E-state index is 15.2. The van der Waals surface area contributed by atoms with Crippen molar-refractivity contribution in [2.45, 2.75) is 0 Å². The Morgan fingerprint density at radius 3 is 1.57 bits per heavy atom. The van der Waals surface area contributed by atoms with Gasteiger partial charge in [-0.25, -0.2) is 0 Å². The fourth-order valence-corrected chi connectivity index (χ4v) is 4.44. The molecule has 4 nitrogen and oxygen atoms in total. The highest BCUT2D eigenvalue weighted by Crippen LogP contribution is 2.43. The normalized spacial score (nSPS) is 10.8. The standard InChI is InChI=1S/C30H21FN2O2/c31-29-26(17-9-19-28(29)33(34)35)24-14-6-4-12-22(24)23-13-5-7-15-25(23)27-18-8-16-21(30(27)32)20-10-2-1-3-11-20/h1-19H,32H2. The quantitative estimate of drug-likeness (QED) is 0.164. The Bertz CT molecular complexity index is 1550. The topological polar surface area (TPSA) is 69.2 Å². The van der Waals surface area contributed by atoms with Gasteiger partial charge in [0.15, 0.2) is 0 Å². The predicted molar refractivity (Wildman–Crippen MR) is 139 cm³/mol. The van der Waals surface area contributed by atoms with Crippen LogP contribution in [0, 0.1) is 15.9 Å². The molecule has 5 aromatic carbocycles. The number of nitrogens with two attached hydrogens (primary N) is 1. The summed E-state index contributed by atoms with van der Waals surface area (Å²) in [4.78, 5) is 10.6. The SMILES string of the molecule is Nc1c(-c2ccccc2)cccc1-c1ccccc1-c1ccccc1-c1cccc([N+](=O)[O-])c1F. The van der Waals surface area contributed by atoms with Crippen LogP contribution in [0.5, 0.6) is 0 Å². The Labute approximate surface area is 202 Å². The molecule has 170 valence electrons. The monoisotopic (exact) mass is 460 g/mol. The van der Waals surface area contributed by atoms with E-state index in [0.717, 1.165) is 33.4 Å². The zero-order valence-corrected chi connectivity index (χ0v) is 18.7. The van der Waals surface area contributed by atoms with Crippen molar-refractivity contribution in [3.8, 4) is 44.5 Å². The third-order valence-electron chi connectivity index (χ3n) is 6.09. The molecule has 2 N–H and O–H groups in total. The molecule has 0 aromatic heterocycles. The molecule has 0 amide bonds. The Hall–Kier alpha value is -4.77. The summed E-state index contributed by atoms with van der Waals surface area (Å²) < 4.78 is 15.2. The molecule has 0 unspecified atom stereocenters. The van der Waals surface area contributed by atoms with Crippen LogP contribution in [0.15, 0.2) is 115 Å². The lowest BCUT2D eigenvalue weighted by Crippen LogP contribution is -1.97. The van der Waals surface area contributed by atoms with Crippen molar-refractivity contribution in [1.82, 2.24) is 0 Å². The summed E-state index contributed by atoms with van der Waals surface area (Å²) in [5.41, 5.74) is 12.8. The van der Waals surface area contributed by atoms with E-state index in [2.05, 4.69) is 0 Å². The van der Waals surface area contributed by atoms with Crippen LogP contribution in [0.1, 0.15) is 0 Å². The Balaban J connectivity index is 1.71. The lowest BCUT2D eigenvalue weighted by Gasteiger charge is -2.17. The van der Waals surface area contributed by atoms with E-state index in [4.69, 9.17) is 5.73 Å². The van der Waals surface area contributed by atoms with Gasteiger partial charge >= 0.3 is 5.69 Å².